The van der Waals surface area contributed by atoms with Gasteiger partial charge in [0, 0.05) is 13.2 Å². The zero-order valence-corrected chi connectivity index (χ0v) is 13.1. The number of rotatable bonds is 7. The van der Waals surface area contributed by atoms with Crippen molar-refractivity contribution in [3.8, 4) is 0 Å². The Morgan fingerprint density at radius 2 is 1.79 bits per heavy atom. The van der Waals surface area contributed by atoms with Gasteiger partial charge in [-0.3, -0.25) is 0 Å². The third-order valence-electron chi connectivity index (χ3n) is 3.37. The van der Waals surface area contributed by atoms with Crippen molar-refractivity contribution in [2.24, 2.45) is 5.41 Å². The van der Waals surface area contributed by atoms with E-state index in [9.17, 15) is 0 Å². The minimum atomic E-state index is 0.225. The lowest BCUT2D eigenvalue weighted by Crippen LogP contribution is -2.32. The van der Waals surface area contributed by atoms with E-state index in [1.807, 2.05) is 0 Å². The highest BCUT2D eigenvalue weighted by Gasteiger charge is 2.25. The highest BCUT2D eigenvalue weighted by molar-refractivity contribution is 5.26. The molecule has 108 valence electrons. The lowest BCUT2D eigenvalue weighted by molar-refractivity contribution is 0.202. The number of hydrogen-bond acceptors (Lipinski definition) is 2. The Morgan fingerprint density at radius 3 is 2.26 bits per heavy atom. The second-order valence-corrected chi connectivity index (χ2v) is 6.24. The fourth-order valence-corrected chi connectivity index (χ4v) is 2.31. The third-order valence-corrected chi connectivity index (χ3v) is 3.37. The summed E-state index contributed by atoms with van der Waals surface area (Å²) in [4.78, 5) is 0. The van der Waals surface area contributed by atoms with E-state index in [0.29, 0.717) is 6.04 Å². The topological polar surface area (TPSA) is 21.3 Å². The molecule has 2 heteroatoms. The van der Waals surface area contributed by atoms with E-state index in [2.05, 4.69) is 57.3 Å². The Balaban J connectivity index is 2.79. The maximum atomic E-state index is 5.12. The van der Waals surface area contributed by atoms with Crippen LogP contribution in [0.15, 0.2) is 24.3 Å². The SMILES string of the molecule is CCCNC(c1ccc(CCOC)cc1)C(C)(C)C. The molecule has 1 aromatic carbocycles. The molecule has 0 saturated carbocycles. The van der Waals surface area contributed by atoms with Gasteiger partial charge in [0.05, 0.1) is 6.61 Å². The number of ether oxygens (including phenoxy) is 1. The van der Waals surface area contributed by atoms with Gasteiger partial charge in [0.25, 0.3) is 0 Å². The summed E-state index contributed by atoms with van der Waals surface area (Å²) in [5.74, 6) is 0. The van der Waals surface area contributed by atoms with Crippen molar-refractivity contribution >= 4 is 0 Å². The van der Waals surface area contributed by atoms with Crippen molar-refractivity contribution in [1.29, 1.82) is 0 Å². The highest BCUT2D eigenvalue weighted by Crippen LogP contribution is 2.32. The predicted molar refractivity (Wildman–Crippen MR) is 82.5 cm³/mol. The summed E-state index contributed by atoms with van der Waals surface area (Å²) in [6.45, 7) is 10.9. The van der Waals surface area contributed by atoms with Crippen molar-refractivity contribution in [2.75, 3.05) is 20.3 Å². The molecule has 0 heterocycles. The van der Waals surface area contributed by atoms with Gasteiger partial charge in [0.1, 0.15) is 0 Å². The average Bonchev–Trinajstić information content (AvgIpc) is 2.36. The molecule has 2 nitrogen and oxygen atoms in total. The molecular weight excluding hydrogens is 234 g/mol. The van der Waals surface area contributed by atoms with Gasteiger partial charge in [-0.1, -0.05) is 52.0 Å². The second-order valence-electron chi connectivity index (χ2n) is 6.24. The lowest BCUT2D eigenvalue weighted by atomic mass is 9.82. The van der Waals surface area contributed by atoms with Crippen LogP contribution in [0.5, 0.6) is 0 Å². The first-order chi connectivity index (χ1) is 8.99. The Hall–Kier alpha value is -0.860. The molecule has 0 saturated heterocycles. The Kier molecular flexibility index (Phi) is 6.53. The third kappa shape index (κ3) is 5.33. The minimum Gasteiger partial charge on any atom is -0.384 e. The number of nitrogens with one attached hydrogen (secondary N) is 1. The van der Waals surface area contributed by atoms with Crippen LogP contribution in [0.4, 0.5) is 0 Å². The summed E-state index contributed by atoms with van der Waals surface area (Å²) in [6, 6.07) is 9.36. The Morgan fingerprint density at radius 1 is 1.16 bits per heavy atom. The number of hydrogen-bond donors (Lipinski definition) is 1. The van der Waals surface area contributed by atoms with Crippen LogP contribution in [0, 0.1) is 5.41 Å². The molecule has 1 rings (SSSR count). The maximum Gasteiger partial charge on any atom is 0.0502 e. The first-order valence-corrected chi connectivity index (χ1v) is 7.30. The fraction of sp³-hybridized carbons (Fsp3) is 0.647. The van der Waals surface area contributed by atoms with Crippen molar-refractivity contribution in [3.63, 3.8) is 0 Å². The molecule has 0 aliphatic heterocycles. The molecule has 19 heavy (non-hydrogen) atoms. The monoisotopic (exact) mass is 263 g/mol. The predicted octanol–water partition coefficient (Wildman–Crippen LogP) is 3.96. The van der Waals surface area contributed by atoms with Gasteiger partial charge in [0.15, 0.2) is 0 Å². The molecule has 0 bridgehead atoms. The van der Waals surface area contributed by atoms with Gasteiger partial charge < -0.3 is 10.1 Å². The second kappa shape index (κ2) is 7.66. The molecule has 1 unspecified atom stereocenters. The average molecular weight is 263 g/mol. The van der Waals surface area contributed by atoms with Gasteiger partial charge >= 0.3 is 0 Å². The Labute approximate surface area is 118 Å². The summed E-state index contributed by atoms with van der Waals surface area (Å²) in [5.41, 5.74) is 2.94. The van der Waals surface area contributed by atoms with E-state index in [1.54, 1.807) is 7.11 Å². The van der Waals surface area contributed by atoms with E-state index in [-0.39, 0.29) is 5.41 Å². The molecule has 0 fully saturated rings. The Bertz CT molecular complexity index is 351. The molecule has 0 aliphatic rings. The minimum absolute atomic E-state index is 0.225. The van der Waals surface area contributed by atoms with Gasteiger partial charge in [0.2, 0.25) is 0 Å². The number of benzene rings is 1. The number of methoxy groups -OCH3 is 1. The zero-order valence-electron chi connectivity index (χ0n) is 13.1. The van der Waals surface area contributed by atoms with Crippen LogP contribution in [0.2, 0.25) is 0 Å². The van der Waals surface area contributed by atoms with Gasteiger partial charge in [-0.25, -0.2) is 0 Å². The molecule has 0 aliphatic carbocycles. The van der Waals surface area contributed by atoms with Crippen LogP contribution in [0.25, 0.3) is 0 Å². The van der Waals surface area contributed by atoms with Crippen LogP contribution in [-0.2, 0) is 11.2 Å². The van der Waals surface area contributed by atoms with Crippen molar-refractivity contribution < 1.29 is 4.74 Å². The lowest BCUT2D eigenvalue weighted by Gasteiger charge is -2.32. The van der Waals surface area contributed by atoms with E-state index in [1.165, 1.54) is 17.5 Å². The van der Waals surface area contributed by atoms with Gasteiger partial charge in [-0.05, 0) is 35.9 Å². The van der Waals surface area contributed by atoms with Crippen molar-refractivity contribution in [2.45, 2.75) is 46.6 Å². The summed E-state index contributed by atoms with van der Waals surface area (Å²) in [5, 5.41) is 3.66. The van der Waals surface area contributed by atoms with E-state index in [0.717, 1.165) is 19.6 Å². The molecule has 1 aromatic rings. The molecule has 0 aromatic heterocycles. The van der Waals surface area contributed by atoms with E-state index < -0.39 is 0 Å². The molecule has 1 atom stereocenters. The smallest absolute Gasteiger partial charge is 0.0502 e. The molecule has 1 N–H and O–H groups in total. The molecule has 0 spiro atoms. The summed E-state index contributed by atoms with van der Waals surface area (Å²) >= 11 is 0. The van der Waals surface area contributed by atoms with Gasteiger partial charge in [-0.15, -0.1) is 0 Å². The van der Waals surface area contributed by atoms with Crippen LogP contribution in [0.1, 0.15) is 51.3 Å². The van der Waals surface area contributed by atoms with E-state index >= 15 is 0 Å². The molecule has 0 radical (unpaired) electrons. The quantitative estimate of drug-likeness (QED) is 0.804. The first kappa shape index (κ1) is 16.2. The maximum absolute atomic E-state index is 5.12. The van der Waals surface area contributed by atoms with Crippen molar-refractivity contribution in [1.82, 2.24) is 5.32 Å². The van der Waals surface area contributed by atoms with E-state index in [4.69, 9.17) is 4.74 Å². The normalized spacial score (nSPS) is 13.5. The summed E-state index contributed by atoms with van der Waals surface area (Å²) in [6.07, 6.45) is 2.15. The zero-order chi connectivity index (χ0) is 14.3. The van der Waals surface area contributed by atoms with Crippen LogP contribution >= 0.6 is 0 Å². The molecule has 0 amide bonds. The summed E-state index contributed by atoms with van der Waals surface area (Å²) in [7, 11) is 1.75. The largest absolute Gasteiger partial charge is 0.384 e. The van der Waals surface area contributed by atoms with Crippen molar-refractivity contribution in [3.05, 3.63) is 35.4 Å². The van der Waals surface area contributed by atoms with Crippen LogP contribution in [0.3, 0.4) is 0 Å². The molecular formula is C17H29NO. The standard InChI is InChI=1S/C17H29NO/c1-6-12-18-16(17(2,3)4)15-9-7-14(8-10-15)11-13-19-5/h7-10,16,18H,6,11-13H2,1-5H3. The first-order valence-electron chi connectivity index (χ1n) is 7.30. The fourth-order valence-electron chi connectivity index (χ4n) is 2.31. The van der Waals surface area contributed by atoms with Crippen LogP contribution < -0.4 is 5.32 Å². The van der Waals surface area contributed by atoms with Gasteiger partial charge in [-0.2, -0.15) is 0 Å². The highest BCUT2D eigenvalue weighted by atomic mass is 16.5. The summed E-state index contributed by atoms with van der Waals surface area (Å²) < 4.78 is 5.12. The van der Waals surface area contributed by atoms with Crippen LogP contribution in [-0.4, -0.2) is 20.3 Å².